The highest BCUT2D eigenvalue weighted by Crippen LogP contribution is 2.48. The van der Waals surface area contributed by atoms with Crippen LogP contribution in [0.3, 0.4) is 0 Å². The number of methoxy groups -OCH3 is 3. The fourth-order valence-corrected chi connectivity index (χ4v) is 5.27. The molecule has 0 bridgehead atoms. The lowest BCUT2D eigenvalue weighted by Crippen LogP contribution is -2.49. The van der Waals surface area contributed by atoms with Gasteiger partial charge >= 0.3 is 0 Å². The first-order valence-corrected chi connectivity index (χ1v) is 11.6. The second-order valence-corrected chi connectivity index (χ2v) is 8.86. The summed E-state index contributed by atoms with van der Waals surface area (Å²) in [7, 11) is 4.76. The standard InChI is InChI=1S/C28H28N2O5/c1-16-9-10-22(33-2)21(13-16)29-27(31)25-18-7-5-6-8-19(18)28(32)30-12-11-17-14-23(34-3)24(35-4)15-20(17)26(25)30/h5-10,13-15,25-26H,11-12H2,1-4H3,(H,29,31)/t25-,26-/m1/s1. The van der Waals surface area contributed by atoms with Crippen LogP contribution >= 0.6 is 0 Å². The zero-order valence-corrected chi connectivity index (χ0v) is 20.3. The Morgan fingerprint density at radius 3 is 2.37 bits per heavy atom. The van der Waals surface area contributed by atoms with E-state index in [0.29, 0.717) is 47.0 Å². The van der Waals surface area contributed by atoms with Gasteiger partial charge in [0.05, 0.1) is 39.0 Å². The van der Waals surface area contributed by atoms with Crippen molar-refractivity contribution in [2.45, 2.75) is 25.3 Å². The highest BCUT2D eigenvalue weighted by atomic mass is 16.5. The normalized spacial score (nSPS) is 18.2. The number of rotatable bonds is 5. The molecular weight excluding hydrogens is 444 g/mol. The lowest BCUT2D eigenvalue weighted by molar-refractivity contribution is -0.119. The summed E-state index contributed by atoms with van der Waals surface area (Å²) in [5.74, 6) is 0.893. The molecule has 7 heteroatoms. The highest BCUT2D eigenvalue weighted by Gasteiger charge is 2.46. The molecule has 2 aliphatic heterocycles. The van der Waals surface area contributed by atoms with Gasteiger partial charge in [-0.05, 0) is 65.9 Å². The first-order valence-electron chi connectivity index (χ1n) is 11.6. The molecule has 0 saturated heterocycles. The molecule has 0 fully saturated rings. The number of hydrogen-bond acceptors (Lipinski definition) is 5. The van der Waals surface area contributed by atoms with Gasteiger partial charge in [0, 0.05) is 12.1 Å². The molecule has 1 N–H and O–H groups in total. The number of fused-ring (bicyclic) bond motifs is 4. The number of amides is 2. The minimum absolute atomic E-state index is 0.0665. The molecule has 0 unspecified atom stereocenters. The summed E-state index contributed by atoms with van der Waals surface area (Å²) < 4.78 is 16.6. The Hall–Kier alpha value is -4.00. The molecule has 0 radical (unpaired) electrons. The molecule has 3 aromatic rings. The first kappa shape index (κ1) is 22.8. The van der Waals surface area contributed by atoms with Gasteiger partial charge in [-0.1, -0.05) is 24.3 Å². The minimum Gasteiger partial charge on any atom is -0.495 e. The molecule has 2 aliphatic rings. The predicted octanol–water partition coefficient (Wildman–Crippen LogP) is 4.50. The number of carbonyl (C=O) groups excluding carboxylic acids is 2. The maximum absolute atomic E-state index is 14.0. The van der Waals surface area contributed by atoms with Crippen molar-refractivity contribution in [1.29, 1.82) is 0 Å². The molecule has 0 saturated carbocycles. The van der Waals surface area contributed by atoms with Crippen LogP contribution in [-0.4, -0.2) is 44.6 Å². The number of aryl methyl sites for hydroxylation is 1. The lowest BCUT2D eigenvalue weighted by atomic mass is 9.75. The topological polar surface area (TPSA) is 77.1 Å². The zero-order chi connectivity index (χ0) is 24.7. The molecule has 0 aromatic heterocycles. The Kier molecular flexibility index (Phi) is 5.84. The maximum Gasteiger partial charge on any atom is 0.254 e. The van der Waals surface area contributed by atoms with Gasteiger partial charge in [-0.25, -0.2) is 0 Å². The number of nitrogens with one attached hydrogen (secondary N) is 1. The molecule has 2 amide bonds. The van der Waals surface area contributed by atoms with Crippen molar-refractivity contribution in [1.82, 2.24) is 4.90 Å². The molecular formula is C28H28N2O5. The average molecular weight is 473 g/mol. The van der Waals surface area contributed by atoms with Gasteiger partial charge in [0.1, 0.15) is 5.75 Å². The van der Waals surface area contributed by atoms with Crippen molar-refractivity contribution in [3.8, 4) is 17.2 Å². The van der Waals surface area contributed by atoms with Crippen molar-refractivity contribution in [2.24, 2.45) is 0 Å². The van der Waals surface area contributed by atoms with Gasteiger partial charge in [0.15, 0.2) is 11.5 Å². The zero-order valence-electron chi connectivity index (χ0n) is 20.3. The van der Waals surface area contributed by atoms with Crippen LogP contribution in [0.5, 0.6) is 17.2 Å². The minimum atomic E-state index is -0.619. The Balaban J connectivity index is 1.66. The first-order chi connectivity index (χ1) is 17.0. The molecule has 35 heavy (non-hydrogen) atoms. The van der Waals surface area contributed by atoms with Crippen LogP contribution < -0.4 is 19.5 Å². The van der Waals surface area contributed by atoms with Gasteiger partial charge in [-0.2, -0.15) is 0 Å². The predicted molar refractivity (Wildman–Crippen MR) is 133 cm³/mol. The third-order valence-electron chi connectivity index (χ3n) is 6.92. The van der Waals surface area contributed by atoms with Crippen LogP contribution in [0.25, 0.3) is 0 Å². The summed E-state index contributed by atoms with van der Waals surface area (Å²) in [5, 5.41) is 3.08. The summed E-state index contributed by atoms with van der Waals surface area (Å²) in [5.41, 5.74) is 4.81. The van der Waals surface area contributed by atoms with Crippen LogP contribution in [0.4, 0.5) is 5.69 Å². The van der Waals surface area contributed by atoms with Gasteiger partial charge in [-0.3, -0.25) is 9.59 Å². The largest absolute Gasteiger partial charge is 0.495 e. The molecule has 0 aliphatic carbocycles. The van der Waals surface area contributed by atoms with Gasteiger partial charge in [-0.15, -0.1) is 0 Å². The van der Waals surface area contributed by atoms with Gasteiger partial charge in [0.2, 0.25) is 5.91 Å². The fourth-order valence-electron chi connectivity index (χ4n) is 5.27. The van der Waals surface area contributed by atoms with Gasteiger partial charge < -0.3 is 24.4 Å². The summed E-state index contributed by atoms with van der Waals surface area (Å²) in [6.45, 7) is 2.47. The number of anilines is 1. The van der Waals surface area contributed by atoms with E-state index in [0.717, 1.165) is 16.7 Å². The molecule has 180 valence electrons. The molecule has 2 heterocycles. The van der Waals surface area contributed by atoms with Crippen LogP contribution in [0.15, 0.2) is 54.6 Å². The Bertz CT molecular complexity index is 1320. The second kappa shape index (κ2) is 8.98. The van der Waals surface area contributed by atoms with Crippen molar-refractivity contribution < 1.29 is 23.8 Å². The number of carbonyl (C=O) groups is 2. The number of hydrogen-bond donors (Lipinski definition) is 1. The smallest absolute Gasteiger partial charge is 0.254 e. The SMILES string of the molecule is COc1ccc(C)cc1NC(=O)[C@@H]1c2ccccc2C(=O)N2CCc3cc(OC)c(OC)cc3[C@H]12. The van der Waals surface area contributed by atoms with Crippen molar-refractivity contribution in [2.75, 3.05) is 33.2 Å². The van der Waals surface area contributed by atoms with Crippen molar-refractivity contribution >= 4 is 17.5 Å². The van der Waals surface area contributed by atoms with Crippen molar-refractivity contribution in [3.05, 3.63) is 82.4 Å². The van der Waals surface area contributed by atoms with E-state index >= 15 is 0 Å². The Labute approximate surface area is 204 Å². The monoisotopic (exact) mass is 472 g/mol. The Morgan fingerprint density at radius 2 is 1.63 bits per heavy atom. The van der Waals surface area contributed by atoms with E-state index in [9.17, 15) is 9.59 Å². The van der Waals surface area contributed by atoms with E-state index < -0.39 is 12.0 Å². The summed E-state index contributed by atoms with van der Waals surface area (Å²) in [4.78, 5) is 29.3. The average Bonchev–Trinajstić information content (AvgIpc) is 2.88. The van der Waals surface area contributed by atoms with Crippen LogP contribution in [0.2, 0.25) is 0 Å². The molecule has 7 nitrogen and oxygen atoms in total. The quantitative estimate of drug-likeness (QED) is 0.592. The van der Waals surface area contributed by atoms with E-state index in [1.54, 1.807) is 27.4 Å². The maximum atomic E-state index is 14.0. The Morgan fingerprint density at radius 1 is 0.914 bits per heavy atom. The van der Waals surface area contributed by atoms with E-state index in [4.69, 9.17) is 14.2 Å². The molecule has 3 aromatic carbocycles. The second-order valence-electron chi connectivity index (χ2n) is 8.86. The summed E-state index contributed by atoms with van der Waals surface area (Å²) in [6.07, 6.45) is 0.667. The highest BCUT2D eigenvalue weighted by molar-refractivity contribution is 6.05. The number of benzene rings is 3. The molecule has 2 atom stereocenters. The van der Waals surface area contributed by atoms with Crippen LogP contribution in [-0.2, 0) is 11.2 Å². The van der Waals surface area contributed by atoms with Crippen LogP contribution in [0, 0.1) is 6.92 Å². The molecule has 5 rings (SSSR count). The third-order valence-corrected chi connectivity index (χ3v) is 6.92. The van der Waals surface area contributed by atoms with E-state index in [1.807, 2.05) is 60.4 Å². The van der Waals surface area contributed by atoms with E-state index in [2.05, 4.69) is 5.32 Å². The number of ether oxygens (including phenoxy) is 3. The lowest BCUT2D eigenvalue weighted by Gasteiger charge is -2.45. The van der Waals surface area contributed by atoms with Gasteiger partial charge in [0.25, 0.3) is 5.91 Å². The van der Waals surface area contributed by atoms with Crippen molar-refractivity contribution in [3.63, 3.8) is 0 Å². The molecule has 0 spiro atoms. The fraction of sp³-hybridized carbons (Fsp3) is 0.286. The summed E-state index contributed by atoms with van der Waals surface area (Å²) >= 11 is 0. The summed E-state index contributed by atoms with van der Waals surface area (Å²) in [6, 6.07) is 16.4. The van der Waals surface area contributed by atoms with E-state index in [-0.39, 0.29) is 11.8 Å². The number of nitrogens with zero attached hydrogens (tertiary/aromatic N) is 1. The van der Waals surface area contributed by atoms with Crippen LogP contribution in [0.1, 0.15) is 44.6 Å². The van der Waals surface area contributed by atoms with E-state index in [1.165, 1.54) is 0 Å². The third kappa shape index (κ3) is 3.77.